The molecule has 3 nitrogen and oxygen atoms in total. The molecule has 0 aliphatic rings. The molecule has 5 heteroatoms. The van der Waals surface area contributed by atoms with Gasteiger partial charge in [-0.05, 0) is 38.2 Å². The molecule has 0 saturated heterocycles. The van der Waals surface area contributed by atoms with Gasteiger partial charge in [-0.3, -0.25) is 4.79 Å². The van der Waals surface area contributed by atoms with Gasteiger partial charge in [-0.1, -0.05) is 32.0 Å². The highest BCUT2D eigenvalue weighted by molar-refractivity contribution is 7.98. The monoisotopic (exact) mass is 290 g/mol. The predicted molar refractivity (Wildman–Crippen MR) is 85.0 cm³/mol. The molecule has 0 aliphatic carbocycles. The molecule has 0 bridgehead atoms. The topological polar surface area (TPSA) is 55.1 Å². The van der Waals surface area contributed by atoms with Crippen LogP contribution >= 0.6 is 24.0 Å². The van der Waals surface area contributed by atoms with E-state index in [1.165, 1.54) is 18.6 Å². The number of carbonyl (C=O) groups is 1. The Balaban J connectivity index is 3.79. The van der Waals surface area contributed by atoms with Gasteiger partial charge in [0.1, 0.15) is 0 Å². The molecule has 0 fully saturated rings. The van der Waals surface area contributed by atoms with Gasteiger partial charge in [-0.25, -0.2) is 0 Å². The molecule has 1 unspecified atom stereocenters. The molecule has 3 N–H and O–H groups in total. The highest BCUT2D eigenvalue weighted by atomic mass is 32.2. The highest BCUT2D eigenvalue weighted by Gasteiger charge is 2.33. The lowest BCUT2D eigenvalue weighted by Gasteiger charge is -2.25. The highest BCUT2D eigenvalue weighted by Crippen LogP contribution is 2.21. The van der Waals surface area contributed by atoms with Gasteiger partial charge in [0.15, 0.2) is 0 Å². The number of amides is 1. The lowest BCUT2D eigenvalue weighted by Crippen LogP contribution is -2.46. The molecule has 0 saturated carbocycles. The van der Waals surface area contributed by atoms with Crippen molar-refractivity contribution in [2.75, 3.05) is 18.6 Å². The average molecular weight is 290 g/mol. The van der Waals surface area contributed by atoms with E-state index in [0.717, 1.165) is 19.4 Å². The quantitative estimate of drug-likeness (QED) is 0.480. The van der Waals surface area contributed by atoms with Crippen molar-refractivity contribution in [1.29, 1.82) is 0 Å². The summed E-state index contributed by atoms with van der Waals surface area (Å²) in [6.45, 7) is 4.46. The fourth-order valence-electron chi connectivity index (χ4n) is 1.57. The van der Waals surface area contributed by atoms with E-state index < -0.39 is 5.41 Å². The first kappa shape index (κ1) is 17.7. The molecule has 0 radical (unpaired) electrons. The Morgan fingerprint density at radius 3 is 2.44 bits per heavy atom. The van der Waals surface area contributed by atoms with Crippen molar-refractivity contribution in [2.45, 2.75) is 46.0 Å². The van der Waals surface area contributed by atoms with E-state index in [9.17, 15) is 4.79 Å². The number of carbonyl (C=O) groups excluding carboxylic acids is 1. The largest absolute Gasteiger partial charge is 0.392 e. The summed E-state index contributed by atoms with van der Waals surface area (Å²) in [5.41, 5.74) is 4.94. The molecule has 0 aromatic carbocycles. The van der Waals surface area contributed by atoms with Crippen LogP contribution in [0.15, 0.2) is 0 Å². The van der Waals surface area contributed by atoms with Gasteiger partial charge in [0.25, 0.3) is 0 Å². The number of hydrogen-bond donors (Lipinski definition) is 2. The minimum atomic E-state index is -0.700. The summed E-state index contributed by atoms with van der Waals surface area (Å²) in [7, 11) is 0. The number of nitrogens with one attached hydrogen (secondary N) is 1. The normalized spacial score (nSPS) is 13.9. The number of rotatable bonds is 10. The van der Waals surface area contributed by atoms with E-state index in [0.29, 0.717) is 6.42 Å². The molecule has 0 aliphatic heterocycles. The van der Waals surface area contributed by atoms with Crippen LogP contribution in [0.1, 0.15) is 46.0 Å². The first-order valence-corrected chi connectivity index (χ1v) is 8.36. The SMILES string of the molecule is CCC(C)(C(=O)NCCCCCCSC)C(N)=S. The molecule has 1 amide bonds. The van der Waals surface area contributed by atoms with Gasteiger partial charge in [-0.15, -0.1) is 0 Å². The van der Waals surface area contributed by atoms with Crippen LogP contribution in [0.2, 0.25) is 0 Å². The molecular weight excluding hydrogens is 264 g/mol. The number of unbranched alkanes of at least 4 members (excludes halogenated alkanes) is 3. The second-order valence-corrected chi connectivity index (χ2v) is 6.14. The Morgan fingerprint density at radius 1 is 1.33 bits per heavy atom. The lowest BCUT2D eigenvalue weighted by atomic mass is 9.86. The van der Waals surface area contributed by atoms with E-state index in [2.05, 4.69) is 11.6 Å². The maximum atomic E-state index is 12.0. The Hall–Kier alpha value is -0.290. The zero-order valence-corrected chi connectivity index (χ0v) is 13.4. The minimum Gasteiger partial charge on any atom is -0.392 e. The Bertz CT molecular complexity index is 272. The van der Waals surface area contributed by atoms with Crippen LogP contribution in [0.5, 0.6) is 0 Å². The molecule has 0 aromatic rings. The van der Waals surface area contributed by atoms with Crippen LogP contribution in [0.4, 0.5) is 0 Å². The van der Waals surface area contributed by atoms with Crippen molar-refractivity contribution >= 4 is 34.9 Å². The number of thiocarbonyl (C=S) groups is 1. The maximum Gasteiger partial charge on any atom is 0.232 e. The van der Waals surface area contributed by atoms with Gasteiger partial charge in [-0.2, -0.15) is 11.8 Å². The summed E-state index contributed by atoms with van der Waals surface area (Å²) >= 11 is 6.85. The zero-order chi connectivity index (χ0) is 14.0. The van der Waals surface area contributed by atoms with Crippen molar-refractivity contribution in [3.8, 4) is 0 Å². The van der Waals surface area contributed by atoms with E-state index in [1.807, 2.05) is 25.6 Å². The molecule has 106 valence electrons. The lowest BCUT2D eigenvalue weighted by molar-refractivity contribution is -0.126. The second kappa shape index (κ2) is 9.62. The first-order valence-electron chi connectivity index (χ1n) is 6.56. The molecule has 0 heterocycles. The maximum absolute atomic E-state index is 12.0. The standard InChI is InChI=1S/C13H26N2OS2/c1-4-13(2,11(14)17)12(16)15-9-7-5-6-8-10-18-3/h4-10H2,1-3H3,(H2,14,17)(H,15,16). The van der Waals surface area contributed by atoms with Crippen molar-refractivity contribution in [2.24, 2.45) is 11.1 Å². The van der Waals surface area contributed by atoms with Gasteiger partial charge in [0, 0.05) is 6.54 Å². The Morgan fingerprint density at radius 2 is 1.94 bits per heavy atom. The summed E-state index contributed by atoms with van der Waals surface area (Å²) in [5.74, 6) is 1.18. The minimum absolute atomic E-state index is 0.0402. The van der Waals surface area contributed by atoms with E-state index >= 15 is 0 Å². The van der Waals surface area contributed by atoms with Crippen LogP contribution in [-0.2, 0) is 4.79 Å². The van der Waals surface area contributed by atoms with Crippen molar-refractivity contribution in [3.63, 3.8) is 0 Å². The smallest absolute Gasteiger partial charge is 0.232 e. The van der Waals surface area contributed by atoms with Crippen LogP contribution in [0, 0.1) is 5.41 Å². The van der Waals surface area contributed by atoms with Crippen molar-refractivity contribution in [3.05, 3.63) is 0 Å². The number of thioether (sulfide) groups is 1. The molecule has 18 heavy (non-hydrogen) atoms. The van der Waals surface area contributed by atoms with Gasteiger partial charge in [0.05, 0.1) is 10.4 Å². The molecule has 0 aromatic heterocycles. The molecule has 0 rings (SSSR count). The summed E-state index contributed by atoms with van der Waals surface area (Å²) in [6, 6.07) is 0. The Kier molecular flexibility index (Phi) is 9.46. The average Bonchev–Trinajstić information content (AvgIpc) is 2.36. The second-order valence-electron chi connectivity index (χ2n) is 4.71. The summed E-state index contributed by atoms with van der Waals surface area (Å²) in [5, 5.41) is 2.93. The van der Waals surface area contributed by atoms with Gasteiger partial charge >= 0.3 is 0 Å². The third-order valence-corrected chi connectivity index (χ3v) is 4.46. The summed E-state index contributed by atoms with van der Waals surface area (Å²) < 4.78 is 0. The van der Waals surface area contributed by atoms with Crippen molar-refractivity contribution in [1.82, 2.24) is 5.32 Å². The van der Waals surface area contributed by atoms with E-state index in [4.69, 9.17) is 18.0 Å². The third kappa shape index (κ3) is 6.05. The van der Waals surface area contributed by atoms with E-state index in [-0.39, 0.29) is 10.9 Å². The van der Waals surface area contributed by atoms with Gasteiger partial charge in [0.2, 0.25) is 5.91 Å². The van der Waals surface area contributed by atoms with Crippen LogP contribution in [-0.4, -0.2) is 29.4 Å². The Labute approximate surface area is 121 Å². The number of hydrogen-bond acceptors (Lipinski definition) is 3. The fourth-order valence-corrected chi connectivity index (χ4v) is 2.30. The van der Waals surface area contributed by atoms with Crippen LogP contribution in [0.3, 0.4) is 0 Å². The van der Waals surface area contributed by atoms with E-state index in [1.54, 1.807) is 0 Å². The number of nitrogens with two attached hydrogens (primary N) is 1. The molecule has 1 atom stereocenters. The van der Waals surface area contributed by atoms with Crippen molar-refractivity contribution < 1.29 is 4.79 Å². The first-order chi connectivity index (χ1) is 8.49. The van der Waals surface area contributed by atoms with Crippen LogP contribution < -0.4 is 11.1 Å². The molecular formula is C13H26N2OS2. The zero-order valence-electron chi connectivity index (χ0n) is 11.8. The predicted octanol–water partition coefficient (Wildman–Crippen LogP) is 2.73. The summed E-state index contributed by atoms with van der Waals surface area (Å²) in [4.78, 5) is 12.3. The fraction of sp³-hybridized carbons (Fsp3) is 0.846. The van der Waals surface area contributed by atoms with Gasteiger partial charge < -0.3 is 11.1 Å². The summed E-state index contributed by atoms with van der Waals surface area (Å²) in [6.07, 6.45) is 7.45. The molecule has 0 spiro atoms. The third-order valence-electron chi connectivity index (χ3n) is 3.31. The van der Waals surface area contributed by atoms with Crippen LogP contribution in [0.25, 0.3) is 0 Å².